The molecule has 7 heteroatoms. The van der Waals surface area contributed by atoms with Crippen LogP contribution in [0.5, 0.6) is 0 Å². The third-order valence-corrected chi connectivity index (χ3v) is 5.49. The summed E-state index contributed by atoms with van der Waals surface area (Å²) in [6, 6.07) is 3.66. The number of hydrogen-bond acceptors (Lipinski definition) is 3. The number of fused-ring (bicyclic) bond motifs is 4. The molecule has 0 aliphatic carbocycles. The Morgan fingerprint density at radius 1 is 1.23 bits per heavy atom. The van der Waals surface area contributed by atoms with E-state index in [9.17, 15) is 18.0 Å². The Bertz CT molecular complexity index is 663. The normalized spacial score (nSPS) is 24.0. The van der Waals surface area contributed by atoms with E-state index >= 15 is 0 Å². The number of rotatable bonds is 4. The second-order valence-electron chi connectivity index (χ2n) is 7.32. The number of carbonyl (C=O) groups is 1. The van der Waals surface area contributed by atoms with Gasteiger partial charge < -0.3 is 9.64 Å². The third-order valence-electron chi connectivity index (χ3n) is 5.49. The van der Waals surface area contributed by atoms with Crippen molar-refractivity contribution in [2.24, 2.45) is 5.92 Å². The van der Waals surface area contributed by atoms with Crippen LogP contribution in [0.4, 0.5) is 13.2 Å². The zero-order valence-electron chi connectivity index (χ0n) is 15.2. The number of methoxy groups -OCH3 is 1. The predicted octanol–water partition coefficient (Wildman–Crippen LogP) is 3.20. The molecule has 3 heterocycles. The molecule has 26 heavy (non-hydrogen) atoms. The summed E-state index contributed by atoms with van der Waals surface area (Å²) in [7, 11) is 1.67. The smallest absolute Gasteiger partial charge is 0.383 e. The molecule has 0 spiro atoms. The van der Waals surface area contributed by atoms with E-state index in [1.54, 1.807) is 18.9 Å². The molecular formula is C19H25F3N2O2. The molecule has 2 bridgehead atoms. The van der Waals surface area contributed by atoms with Gasteiger partial charge in [-0.2, -0.15) is 13.2 Å². The van der Waals surface area contributed by atoms with Crippen molar-refractivity contribution < 1.29 is 22.7 Å². The van der Waals surface area contributed by atoms with E-state index in [0.717, 1.165) is 38.1 Å². The summed E-state index contributed by atoms with van der Waals surface area (Å²) >= 11 is 0. The van der Waals surface area contributed by atoms with Gasteiger partial charge in [0.05, 0.1) is 12.2 Å². The first-order valence-electron chi connectivity index (χ1n) is 8.99. The summed E-state index contributed by atoms with van der Waals surface area (Å²) < 4.78 is 44.3. The highest BCUT2D eigenvalue weighted by atomic mass is 19.4. The number of nitrogens with zero attached hydrogens (tertiary/aromatic N) is 2. The Morgan fingerprint density at radius 2 is 2.00 bits per heavy atom. The highest BCUT2D eigenvalue weighted by Crippen LogP contribution is 2.32. The third kappa shape index (κ3) is 4.04. The summed E-state index contributed by atoms with van der Waals surface area (Å²) in [4.78, 5) is 17.1. The number of aryl methyl sites for hydroxylation is 1. The molecule has 1 aromatic rings. The van der Waals surface area contributed by atoms with Gasteiger partial charge in [-0.1, -0.05) is 6.07 Å². The van der Waals surface area contributed by atoms with Crippen LogP contribution in [0.2, 0.25) is 0 Å². The zero-order valence-corrected chi connectivity index (χ0v) is 15.2. The van der Waals surface area contributed by atoms with Gasteiger partial charge in [-0.25, -0.2) is 0 Å². The molecule has 3 fully saturated rings. The van der Waals surface area contributed by atoms with Crippen LogP contribution in [0.1, 0.15) is 34.3 Å². The van der Waals surface area contributed by atoms with E-state index in [1.807, 2.05) is 0 Å². The predicted molar refractivity (Wildman–Crippen MR) is 92.0 cm³/mol. The first-order valence-corrected chi connectivity index (χ1v) is 8.99. The summed E-state index contributed by atoms with van der Waals surface area (Å²) in [5.41, 5.74) is -0.0358. The average Bonchev–Trinajstić information content (AvgIpc) is 2.90. The van der Waals surface area contributed by atoms with E-state index < -0.39 is 11.7 Å². The Morgan fingerprint density at radius 3 is 2.69 bits per heavy atom. The molecule has 0 saturated carbocycles. The van der Waals surface area contributed by atoms with Gasteiger partial charge in [0.2, 0.25) is 0 Å². The summed E-state index contributed by atoms with van der Waals surface area (Å²) in [5.74, 6) is 0.0692. The molecule has 1 aromatic carbocycles. The average molecular weight is 370 g/mol. The monoisotopic (exact) mass is 370 g/mol. The van der Waals surface area contributed by atoms with Crippen LogP contribution in [0.3, 0.4) is 0 Å². The fraction of sp³-hybridized carbons (Fsp3) is 0.632. The van der Waals surface area contributed by atoms with Gasteiger partial charge in [0.25, 0.3) is 5.91 Å². The zero-order chi connectivity index (χ0) is 18.9. The molecule has 144 valence electrons. The Balaban J connectivity index is 1.80. The summed E-state index contributed by atoms with van der Waals surface area (Å²) in [6.45, 7) is 5.24. The van der Waals surface area contributed by atoms with Crippen molar-refractivity contribution in [2.75, 3.05) is 39.9 Å². The van der Waals surface area contributed by atoms with Gasteiger partial charge in [0, 0.05) is 44.9 Å². The van der Waals surface area contributed by atoms with Crippen LogP contribution in [-0.2, 0) is 10.9 Å². The maximum Gasteiger partial charge on any atom is 0.416 e. The SMILES string of the molecule is COCCN1C[C@@H]2CC[C@H]1CN(C(=O)c1cc(C(F)(F)F)ccc1C)C2. The minimum atomic E-state index is -4.45. The number of hydrogen-bond donors (Lipinski definition) is 0. The molecule has 0 aromatic heterocycles. The minimum Gasteiger partial charge on any atom is -0.383 e. The summed E-state index contributed by atoms with van der Waals surface area (Å²) in [6.07, 6.45) is -2.38. The standard InChI is InChI=1S/C19H25F3N2O2/c1-13-3-5-15(19(20,21)22)9-17(13)18(25)24-11-14-4-6-16(12-24)23(10-14)7-8-26-2/h3,5,9,14,16H,4,6-8,10-12H2,1-2H3/t14-,16-/m0/s1. The number of amides is 1. The van der Waals surface area contributed by atoms with Crippen LogP contribution in [0, 0.1) is 12.8 Å². The first kappa shape index (κ1) is 19.2. The van der Waals surface area contributed by atoms with Crippen molar-refractivity contribution in [3.63, 3.8) is 0 Å². The minimum absolute atomic E-state index is 0.157. The van der Waals surface area contributed by atoms with Gasteiger partial charge in [-0.3, -0.25) is 9.69 Å². The fourth-order valence-electron chi connectivity index (χ4n) is 4.03. The Kier molecular flexibility index (Phi) is 5.58. The molecule has 3 aliphatic rings. The molecular weight excluding hydrogens is 345 g/mol. The lowest BCUT2D eigenvalue weighted by Gasteiger charge is -2.35. The maximum atomic E-state index is 13.0. The van der Waals surface area contributed by atoms with E-state index in [1.165, 1.54) is 6.07 Å². The lowest BCUT2D eigenvalue weighted by atomic mass is 9.95. The molecule has 0 N–H and O–H groups in total. The highest BCUT2D eigenvalue weighted by Gasteiger charge is 2.37. The number of carbonyl (C=O) groups excluding carboxylic acids is 1. The molecule has 4 rings (SSSR count). The quantitative estimate of drug-likeness (QED) is 0.816. The first-order chi connectivity index (χ1) is 12.3. The van der Waals surface area contributed by atoms with Crippen molar-refractivity contribution in [1.82, 2.24) is 9.80 Å². The van der Waals surface area contributed by atoms with Gasteiger partial charge >= 0.3 is 6.18 Å². The number of halogens is 3. The van der Waals surface area contributed by atoms with Crippen molar-refractivity contribution in [3.8, 4) is 0 Å². The number of piperidine rings is 1. The Labute approximate surface area is 151 Å². The molecule has 0 radical (unpaired) electrons. The van der Waals surface area contributed by atoms with Crippen LogP contribution in [0.15, 0.2) is 18.2 Å². The van der Waals surface area contributed by atoms with E-state index in [-0.39, 0.29) is 17.5 Å². The van der Waals surface area contributed by atoms with Crippen molar-refractivity contribution in [3.05, 3.63) is 34.9 Å². The van der Waals surface area contributed by atoms with Crippen molar-refractivity contribution in [2.45, 2.75) is 32.0 Å². The van der Waals surface area contributed by atoms with E-state index in [0.29, 0.717) is 31.2 Å². The second-order valence-corrected chi connectivity index (χ2v) is 7.32. The molecule has 4 nitrogen and oxygen atoms in total. The van der Waals surface area contributed by atoms with Crippen LogP contribution in [-0.4, -0.2) is 61.6 Å². The van der Waals surface area contributed by atoms with Crippen molar-refractivity contribution >= 4 is 5.91 Å². The molecule has 3 saturated heterocycles. The second kappa shape index (κ2) is 7.56. The van der Waals surface area contributed by atoms with Crippen LogP contribution >= 0.6 is 0 Å². The largest absolute Gasteiger partial charge is 0.416 e. The van der Waals surface area contributed by atoms with Gasteiger partial charge in [-0.05, 0) is 43.4 Å². The van der Waals surface area contributed by atoms with E-state index in [4.69, 9.17) is 4.74 Å². The maximum absolute atomic E-state index is 13.0. The topological polar surface area (TPSA) is 32.8 Å². The molecule has 1 amide bonds. The molecule has 3 aliphatic heterocycles. The van der Waals surface area contributed by atoms with E-state index in [2.05, 4.69) is 4.90 Å². The molecule has 0 unspecified atom stereocenters. The lowest BCUT2D eigenvalue weighted by Crippen LogP contribution is -2.45. The fourth-order valence-corrected chi connectivity index (χ4v) is 4.03. The van der Waals surface area contributed by atoms with Gasteiger partial charge in [0.1, 0.15) is 0 Å². The lowest BCUT2D eigenvalue weighted by molar-refractivity contribution is -0.137. The number of ether oxygens (including phenoxy) is 1. The van der Waals surface area contributed by atoms with Gasteiger partial charge in [-0.15, -0.1) is 0 Å². The Hall–Kier alpha value is -1.60. The van der Waals surface area contributed by atoms with Crippen LogP contribution in [0.25, 0.3) is 0 Å². The molecule has 2 atom stereocenters. The number of benzene rings is 1. The summed E-state index contributed by atoms with van der Waals surface area (Å²) in [5, 5.41) is 0. The van der Waals surface area contributed by atoms with Crippen molar-refractivity contribution in [1.29, 1.82) is 0 Å². The van der Waals surface area contributed by atoms with Gasteiger partial charge in [0.15, 0.2) is 0 Å². The number of alkyl halides is 3. The van der Waals surface area contributed by atoms with Crippen LogP contribution < -0.4 is 0 Å². The highest BCUT2D eigenvalue weighted by molar-refractivity contribution is 5.96.